The molecule has 266 valence electrons. The predicted octanol–water partition coefficient (Wildman–Crippen LogP) is 7.54. The Bertz CT molecular complexity index is 1820. The van der Waals surface area contributed by atoms with Crippen molar-refractivity contribution in [2.45, 2.75) is 91.5 Å². The van der Waals surface area contributed by atoms with Crippen molar-refractivity contribution in [3.8, 4) is 5.75 Å². The molecule has 0 aliphatic carbocycles. The Labute approximate surface area is 289 Å². The Morgan fingerprint density at radius 3 is 2.47 bits per heavy atom. The number of aryl methyl sites for hydroxylation is 1. The summed E-state index contributed by atoms with van der Waals surface area (Å²) in [6.45, 7) is 19.3. The van der Waals surface area contributed by atoms with E-state index in [1.807, 2.05) is 61.6 Å². The molecule has 0 spiro atoms. The normalized spacial score (nSPS) is 14.4. The maximum atomic E-state index is 15.4. The number of piperidine rings is 1. The molecule has 5 rings (SSSR count). The summed E-state index contributed by atoms with van der Waals surface area (Å²) in [5.74, 6) is -1.13. The summed E-state index contributed by atoms with van der Waals surface area (Å²) in [6, 6.07) is 6.92. The van der Waals surface area contributed by atoms with E-state index < -0.39 is 25.4 Å². The van der Waals surface area contributed by atoms with Gasteiger partial charge < -0.3 is 38.3 Å². The Morgan fingerprint density at radius 2 is 1.84 bits per heavy atom. The first kappa shape index (κ1) is 36.2. The Balaban J connectivity index is 1.44. The van der Waals surface area contributed by atoms with Crippen LogP contribution in [0.4, 0.5) is 20.6 Å². The smallest absolute Gasteiger partial charge is 0.410 e. The number of anilines is 2. The molecule has 3 aromatic heterocycles. The van der Waals surface area contributed by atoms with Crippen LogP contribution in [-0.2, 0) is 16.2 Å². The summed E-state index contributed by atoms with van der Waals surface area (Å²) in [6.07, 6.45) is 6.56. The second-order valence-corrected chi connectivity index (χ2v) is 20.6. The molecule has 0 unspecified atom stereocenters. The van der Waals surface area contributed by atoms with Crippen LogP contribution in [0.25, 0.3) is 16.6 Å². The molecule has 49 heavy (non-hydrogen) atoms. The molecule has 1 aliphatic rings. The summed E-state index contributed by atoms with van der Waals surface area (Å²) >= 11 is 0. The number of nitrogens with one attached hydrogen (secondary N) is 1. The zero-order valence-corrected chi connectivity index (χ0v) is 31.4. The van der Waals surface area contributed by atoms with Crippen LogP contribution >= 0.6 is 0 Å². The lowest BCUT2D eigenvalue weighted by Gasteiger charge is -2.39. The minimum absolute atomic E-state index is 0.0769. The van der Waals surface area contributed by atoms with Crippen LogP contribution in [-0.4, -0.2) is 83.9 Å². The number of amides is 2. The van der Waals surface area contributed by atoms with E-state index in [0.717, 1.165) is 48.6 Å². The number of nitrogens with zero attached hydrogens (tertiary/aromatic N) is 5. The van der Waals surface area contributed by atoms with E-state index in [-0.39, 0.29) is 29.2 Å². The predicted molar refractivity (Wildman–Crippen MR) is 194 cm³/mol. The maximum Gasteiger partial charge on any atom is 0.410 e. The van der Waals surface area contributed by atoms with Crippen molar-refractivity contribution in [2.75, 3.05) is 43.6 Å². The number of rotatable bonds is 11. The van der Waals surface area contributed by atoms with E-state index >= 15 is 4.39 Å². The minimum Gasteiger partial charge on any atom is -0.491 e. The standard InChI is InChI=1S/C36H51FN6O5Si/c1-10-43(35(45)48-36(3,4)5)25-13-16-40(17-14-25)29-12-11-27(31-26(29)15-18-41(31)23-47-19-20-49(7,8)9)34(44)39-28-22-42-21-24(2)38-33(42)30(37)32(28)46-6/h11-12,15,18,21-22,25H,10,13-14,16-17,19-20,23H2,1-9H3,(H,39,44). The molecule has 11 nitrogen and oxygen atoms in total. The van der Waals surface area contributed by atoms with Gasteiger partial charge in [0.1, 0.15) is 18.0 Å². The van der Waals surface area contributed by atoms with E-state index in [1.54, 1.807) is 23.7 Å². The zero-order chi connectivity index (χ0) is 35.7. The lowest BCUT2D eigenvalue weighted by atomic mass is 10.0. The number of hydrogen-bond donors (Lipinski definition) is 1. The highest BCUT2D eigenvalue weighted by Crippen LogP contribution is 2.35. The van der Waals surface area contributed by atoms with Crippen molar-refractivity contribution >= 4 is 48.0 Å². The lowest BCUT2D eigenvalue weighted by molar-refractivity contribution is 0.0149. The molecule has 0 bridgehead atoms. The topological polar surface area (TPSA) is 103 Å². The van der Waals surface area contributed by atoms with Gasteiger partial charge in [0, 0.05) is 70.0 Å². The van der Waals surface area contributed by atoms with Gasteiger partial charge in [-0.25, -0.2) is 9.78 Å². The third-order valence-corrected chi connectivity index (χ3v) is 10.5. The van der Waals surface area contributed by atoms with E-state index in [4.69, 9.17) is 14.2 Å². The van der Waals surface area contributed by atoms with E-state index in [1.165, 1.54) is 7.11 Å². The van der Waals surface area contributed by atoms with Gasteiger partial charge in [-0.3, -0.25) is 4.79 Å². The van der Waals surface area contributed by atoms with Crippen LogP contribution in [0.1, 0.15) is 56.6 Å². The second-order valence-electron chi connectivity index (χ2n) is 15.0. The quantitative estimate of drug-likeness (QED) is 0.128. The number of pyridine rings is 1. The van der Waals surface area contributed by atoms with Gasteiger partial charge in [-0.2, -0.15) is 4.39 Å². The van der Waals surface area contributed by atoms with Crippen LogP contribution in [0.15, 0.2) is 36.8 Å². The molecular formula is C36H51FN6O5Si. The van der Waals surface area contributed by atoms with E-state index in [0.29, 0.717) is 31.1 Å². The molecule has 13 heteroatoms. The molecule has 4 heterocycles. The molecule has 1 fully saturated rings. The molecule has 0 radical (unpaired) electrons. The van der Waals surface area contributed by atoms with Gasteiger partial charge in [0.15, 0.2) is 11.4 Å². The first-order chi connectivity index (χ1) is 23.1. The molecule has 0 saturated carbocycles. The van der Waals surface area contributed by atoms with Gasteiger partial charge in [-0.15, -0.1) is 0 Å². The number of fused-ring (bicyclic) bond motifs is 2. The molecule has 1 N–H and O–H groups in total. The van der Waals surface area contributed by atoms with Crippen LogP contribution in [0.5, 0.6) is 5.75 Å². The van der Waals surface area contributed by atoms with Crippen LogP contribution in [0.2, 0.25) is 25.7 Å². The van der Waals surface area contributed by atoms with Crippen LogP contribution in [0.3, 0.4) is 0 Å². The number of methoxy groups -OCH3 is 1. The second kappa shape index (κ2) is 14.4. The molecule has 1 saturated heterocycles. The van der Waals surface area contributed by atoms with Gasteiger partial charge >= 0.3 is 6.09 Å². The molecule has 1 aromatic carbocycles. The first-order valence-corrected chi connectivity index (χ1v) is 20.8. The van der Waals surface area contributed by atoms with Crippen molar-refractivity contribution in [1.82, 2.24) is 18.9 Å². The highest BCUT2D eigenvalue weighted by atomic mass is 28.3. The van der Waals surface area contributed by atoms with E-state index in [2.05, 4.69) is 34.8 Å². The number of ether oxygens (including phenoxy) is 3. The van der Waals surface area contributed by atoms with Crippen LogP contribution < -0.4 is 15.0 Å². The fourth-order valence-electron chi connectivity index (χ4n) is 6.37. The summed E-state index contributed by atoms with van der Waals surface area (Å²) in [5, 5.41) is 3.82. The summed E-state index contributed by atoms with van der Waals surface area (Å²) in [7, 11) is 0.0770. The van der Waals surface area contributed by atoms with Gasteiger partial charge in [-0.1, -0.05) is 19.6 Å². The SMILES string of the molecule is CCN(C(=O)OC(C)(C)C)C1CCN(c2ccc(C(=O)Nc3cn4cc(C)nc4c(F)c3OC)c3c2ccn3COCC[Si](C)(C)C)CC1. The summed E-state index contributed by atoms with van der Waals surface area (Å²) in [4.78, 5) is 35.4. The number of aromatic nitrogens is 3. The first-order valence-electron chi connectivity index (χ1n) is 17.1. The third-order valence-electron chi connectivity index (χ3n) is 8.80. The van der Waals surface area contributed by atoms with Crippen molar-refractivity contribution in [3.05, 3.63) is 53.9 Å². The average Bonchev–Trinajstić information content (AvgIpc) is 3.62. The van der Waals surface area contributed by atoms with E-state index in [9.17, 15) is 9.59 Å². The molecule has 4 aromatic rings. The maximum absolute atomic E-state index is 15.4. The molecular weight excluding hydrogens is 644 g/mol. The van der Waals surface area contributed by atoms with Crippen molar-refractivity contribution in [2.24, 2.45) is 0 Å². The van der Waals surface area contributed by atoms with Crippen molar-refractivity contribution in [1.29, 1.82) is 0 Å². The number of carbonyl (C=O) groups is 2. The molecule has 1 aliphatic heterocycles. The number of halogens is 1. The minimum atomic E-state index is -1.29. The van der Waals surface area contributed by atoms with Gasteiger partial charge in [0.05, 0.1) is 23.9 Å². The van der Waals surface area contributed by atoms with Gasteiger partial charge in [0.25, 0.3) is 5.91 Å². The number of imidazole rings is 1. The van der Waals surface area contributed by atoms with Crippen molar-refractivity contribution < 1.29 is 28.2 Å². The largest absolute Gasteiger partial charge is 0.491 e. The van der Waals surface area contributed by atoms with Gasteiger partial charge in [-0.05, 0) is 71.7 Å². The van der Waals surface area contributed by atoms with Crippen molar-refractivity contribution in [3.63, 3.8) is 0 Å². The third kappa shape index (κ3) is 8.21. The zero-order valence-electron chi connectivity index (χ0n) is 30.4. The monoisotopic (exact) mass is 694 g/mol. The Morgan fingerprint density at radius 1 is 1.12 bits per heavy atom. The summed E-state index contributed by atoms with van der Waals surface area (Å²) < 4.78 is 36.1. The fraction of sp³-hybridized carbons (Fsp3) is 0.528. The number of carbonyl (C=O) groups excluding carboxylic acids is 2. The molecule has 0 atom stereocenters. The fourth-order valence-corrected chi connectivity index (χ4v) is 7.12. The highest BCUT2D eigenvalue weighted by Gasteiger charge is 2.31. The van der Waals surface area contributed by atoms with Gasteiger partial charge in [0.2, 0.25) is 5.82 Å². The average molecular weight is 695 g/mol. The summed E-state index contributed by atoms with van der Waals surface area (Å²) in [5.41, 5.74) is 2.58. The highest BCUT2D eigenvalue weighted by molar-refractivity contribution is 6.76. The number of benzene rings is 1. The Hall–Kier alpha value is -4.10. The lowest BCUT2D eigenvalue weighted by Crippen LogP contribution is -2.48. The Kier molecular flexibility index (Phi) is 10.6. The number of hydrogen-bond acceptors (Lipinski definition) is 7. The molecule has 2 amide bonds. The van der Waals surface area contributed by atoms with Crippen LogP contribution in [0, 0.1) is 12.7 Å².